The van der Waals surface area contributed by atoms with Crippen LogP contribution in [0.4, 0.5) is 15.8 Å². The first-order chi connectivity index (χ1) is 9.54. The van der Waals surface area contributed by atoms with Crippen molar-refractivity contribution in [3.63, 3.8) is 0 Å². The van der Waals surface area contributed by atoms with E-state index in [4.69, 9.17) is 10.5 Å². The Bertz CT molecular complexity index is 629. The summed E-state index contributed by atoms with van der Waals surface area (Å²) in [6.07, 6.45) is 0. The third kappa shape index (κ3) is 3.71. The van der Waals surface area contributed by atoms with E-state index in [-0.39, 0.29) is 24.0 Å². The lowest BCUT2D eigenvalue weighted by atomic mass is 10.2. The van der Waals surface area contributed by atoms with Crippen molar-refractivity contribution in [2.45, 2.75) is 6.92 Å². The van der Waals surface area contributed by atoms with Crippen molar-refractivity contribution in [3.05, 3.63) is 53.8 Å². The molecule has 0 atom stereocenters. The Kier molecular flexibility index (Phi) is 4.20. The summed E-state index contributed by atoms with van der Waals surface area (Å²) < 4.78 is 18.4. The molecule has 0 saturated heterocycles. The van der Waals surface area contributed by atoms with E-state index in [1.54, 1.807) is 6.07 Å². The predicted molar refractivity (Wildman–Crippen MR) is 76.1 cm³/mol. The van der Waals surface area contributed by atoms with E-state index in [9.17, 15) is 9.18 Å². The first-order valence-corrected chi connectivity index (χ1v) is 6.09. The van der Waals surface area contributed by atoms with E-state index in [1.165, 1.54) is 12.1 Å². The molecule has 2 aromatic rings. The van der Waals surface area contributed by atoms with Gasteiger partial charge >= 0.3 is 0 Å². The zero-order chi connectivity index (χ0) is 14.5. The molecule has 2 aromatic carbocycles. The summed E-state index contributed by atoms with van der Waals surface area (Å²) >= 11 is 0. The molecule has 0 unspecified atom stereocenters. The van der Waals surface area contributed by atoms with Crippen LogP contribution in [0, 0.1) is 12.7 Å². The lowest BCUT2D eigenvalue weighted by Gasteiger charge is -2.08. The van der Waals surface area contributed by atoms with Crippen LogP contribution in [0.2, 0.25) is 0 Å². The van der Waals surface area contributed by atoms with Gasteiger partial charge in [-0.05, 0) is 36.8 Å². The smallest absolute Gasteiger partial charge is 0.262 e. The van der Waals surface area contributed by atoms with Crippen molar-refractivity contribution < 1.29 is 13.9 Å². The molecule has 0 aliphatic carbocycles. The molecule has 0 aromatic heterocycles. The monoisotopic (exact) mass is 274 g/mol. The van der Waals surface area contributed by atoms with E-state index >= 15 is 0 Å². The van der Waals surface area contributed by atoms with Gasteiger partial charge in [-0.1, -0.05) is 12.1 Å². The normalized spacial score (nSPS) is 10.1. The number of amides is 1. The molecule has 0 radical (unpaired) electrons. The fourth-order valence-electron chi connectivity index (χ4n) is 1.67. The summed E-state index contributed by atoms with van der Waals surface area (Å²) in [7, 11) is 0. The average molecular weight is 274 g/mol. The fourth-order valence-corrected chi connectivity index (χ4v) is 1.67. The van der Waals surface area contributed by atoms with Crippen LogP contribution in [0.3, 0.4) is 0 Å². The third-order valence-electron chi connectivity index (χ3n) is 2.64. The molecule has 1 amide bonds. The van der Waals surface area contributed by atoms with Crippen molar-refractivity contribution in [1.29, 1.82) is 0 Å². The highest BCUT2D eigenvalue weighted by Gasteiger charge is 2.05. The number of hydrogen-bond acceptors (Lipinski definition) is 3. The van der Waals surface area contributed by atoms with Gasteiger partial charge in [-0.15, -0.1) is 0 Å². The molecule has 0 aliphatic rings. The first-order valence-electron chi connectivity index (χ1n) is 6.09. The van der Waals surface area contributed by atoms with Crippen molar-refractivity contribution in [2.24, 2.45) is 0 Å². The molecule has 0 saturated carbocycles. The van der Waals surface area contributed by atoms with Crippen LogP contribution in [0.15, 0.2) is 42.5 Å². The van der Waals surface area contributed by atoms with Gasteiger partial charge in [0.05, 0.1) is 5.69 Å². The molecule has 0 aliphatic heterocycles. The number of nitrogen functional groups attached to an aromatic ring is 1. The van der Waals surface area contributed by atoms with Crippen LogP contribution in [0.25, 0.3) is 0 Å². The maximum Gasteiger partial charge on any atom is 0.262 e. The van der Waals surface area contributed by atoms with Crippen LogP contribution < -0.4 is 15.8 Å². The standard InChI is InChI=1S/C15H15FN2O2/c1-10-3-2-4-11(7-10)18-15(19)9-20-12-5-6-14(17)13(16)8-12/h2-8H,9,17H2,1H3,(H,18,19). The first kappa shape index (κ1) is 13.9. The highest BCUT2D eigenvalue weighted by atomic mass is 19.1. The summed E-state index contributed by atoms with van der Waals surface area (Å²) in [6.45, 7) is 1.74. The number of carbonyl (C=O) groups excluding carboxylic acids is 1. The van der Waals surface area contributed by atoms with Gasteiger partial charge in [-0.25, -0.2) is 4.39 Å². The lowest BCUT2D eigenvalue weighted by Crippen LogP contribution is -2.20. The lowest BCUT2D eigenvalue weighted by molar-refractivity contribution is -0.118. The van der Waals surface area contributed by atoms with Crippen molar-refractivity contribution in [3.8, 4) is 5.75 Å². The maximum absolute atomic E-state index is 13.2. The summed E-state index contributed by atoms with van der Waals surface area (Å²) in [5.74, 6) is -0.620. The van der Waals surface area contributed by atoms with Crippen LogP contribution in [0.5, 0.6) is 5.75 Å². The SMILES string of the molecule is Cc1cccc(NC(=O)COc2ccc(N)c(F)c2)c1. The van der Waals surface area contributed by atoms with E-state index in [2.05, 4.69) is 5.32 Å². The van der Waals surface area contributed by atoms with E-state index in [0.717, 1.165) is 11.6 Å². The maximum atomic E-state index is 13.2. The highest BCUT2D eigenvalue weighted by Crippen LogP contribution is 2.18. The molecule has 3 N–H and O–H groups in total. The van der Waals surface area contributed by atoms with Gasteiger partial charge in [0.1, 0.15) is 11.6 Å². The van der Waals surface area contributed by atoms with Gasteiger partial charge in [0.25, 0.3) is 5.91 Å². The number of anilines is 2. The minimum atomic E-state index is -0.568. The van der Waals surface area contributed by atoms with Gasteiger partial charge in [0.2, 0.25) is 0 Å². The van der Waals surface area contributed by atoms with Gasteiger partial charge < -0.3 is 15.8 Å². The predicted octanol–water partition coefficient (Wildman–Crippen LogP) is 2.73. The molecule has 0 fully saturated rings. The van der Waals surface area contributed by atoms with Crippen LogP contribution >= 0.6 is 0 Å². The van der Waals surface area contributed by atoms with Crippen molar-refractivity contribution in [1.82, 2.24) is 0 Å². The number of carbonyl (C=O) groups is 1. The number of aryl methyl sites for hydroxylation is 1. The molecular formula is C15H15FN2O2. The number of benzene rings is 2. The Labute approximate surface area is 116 Å². The molecule has 4 nitrogen and oxygen atoms in total. The molecular weight excluding hydrogens is 259 g/mol. The van der Waals surface area contributed by atoms with Crippen LogP contribution in [-0.4, -0.2) is 12.5 Å². The minimum Gasteiger partial charge on any atom is -0.484 e. The Hall–Kier alpha value is -2.56. The minimum absolute atomic E-state index is 0.0431. The molecule has 0 bridgehead atoms. The Morgan fingerprint density at radius 2 is 2.10 bits per heavy atom. The zero-order valence-electron chi connectivity index (χ0n) is 11.0. The Morgan fingerprint density at radius 1 is 1.30 bits per heavy atom. The van der Waals surface area contributed by atoms with Gasteiger partial charge in [-0.3, -0.25) is 4.79 Å². The van der Waals surface area contributed by atoms with Crippen molar-refractivity contribution >= 4 is 17.3 Å². The van der Waals surface area contributed by atoms with E-state index < -0.39 is 5.82 Å². The van der Waals surface area contributed by atoms with Crippen LogP contribution in [-0.2, 0) is 4.79 Å². The summed E-state index contributed by atoms with van der Waals surface area (Å²) in [6, 6.07) is 11.5. The molecule has 0 heterocycles. The second-order valence-corrected chi connectivity index (χ2v) is 4.39. The Morgan fingerprint density at radius 3 is 2.80 bits per heavy atom. The molecule has 2 rings (SSSR count). The van der Waals surface area contributed by atoms with Gasteiger partial charge in [0.15, 0.2) is 6.61 Å². The van der Waals surface area contributed by atoms with Crippen LogP contribution in [0.1, 0.15) is 5.56 Å². The number of rotatable bonds is 4. The quantitative estimate of drug-likeness (QED) is 0.842. The summed E-state index contributed by atoms with van der Waals surface area (Å²) in [5.41, 5.74) is 7.14. The topological polar surface area (TPSA) is 64.3 Å². The van der Waals surface area contributed by atoms with Crippen molar-refractivity contribution in [2.75, 3.05) is 17.7 Å². The second-order valence-electron chi connectivity index (χ2n) is 4.39. The molecule has 5 heteroatoms. The molecule has 104 valence electrons. The van der Waals surface area contributed by atoms with E-state index in [1.807, 2.05) is 25.1 Å². The highest BCUT2D eigenvalue weighted by molar-refractivity contribution is 5.91. The second kappa shape index (κ2) is 6.06. The average Bonchev–Trinajstić information content (AvgIpc) is 2.40. The molecule has 0 spiro atoms. The fraction of sp³-hybridized carbons (Fsp3) is 0.133. The third-order valence-corrected chi connectivity index (χ3v) is 2.64. The van der Waals surface area contributed by atoms with E-state index in [0.29, 0.717) is 5.69 Å². The summed E-state index contributed by atoms with van der Waals surface area (Å²) in [4.78, 5) is 11.7. The number of nitrogens with one attached hydrogen (secondary N) is 1. The number of hydrogen-bond donors (Lipinski definition) is 2. The van der Waals surface area contributed by atoms with Gasteiger partial charge in [0, 0.05) is 11.8 Å². The summed E-state index contributed by atoms with van der Waals surface area (Å²) in [5, 5.41) is 2.70. The zero-order valence-corrected chi connectivity index (χ0v) is 11.0. The number of halogens is 1. The Balaban J connectivity index is 1.90. The number of ether oxygens (including phenoxy) is 1. The van der Waals surface area contributed by atoms with Gasteiger partial charge in [-0.2, -0.15) is 0 Å². The number of nitrogens with two attached hydrogens (primary N) is 1. The molecule has 20 heavy (non-hydrogen) atoms. The largest absolute Gasteiger partial charge is 0.484 e.